The zero-order valence-corrected chi connectivity index (χ0v) is 10.8. The Morgan fingerprint density at radius 2 is 2.00 bits per heavy atom. The summed E-state index contributed by atoms with van der Waals surface area (Å²) < 4.78 is 0. The minimum atomic E-state index is 0.0259. The summed E-state index contributed by atoms with van der Waals surface area (Å²) in [6, 6.07) is 6.77. The van der Waals surface area contributed by atoms with Gasteiger partial charge in [0.1, 0.15) is 5.75 Å². The van der Waals surface area contributed by atoms with E-state index in [0.717, 1.165) is 24.8 Å². The molecule has 19 heavy (non-hydrogen) atoms. The molecular formula is C16H17NO2. The third-order valence-electron chi connectivity index (χ3n) is 2.54. The summed E-state index contributed by atoms with van der Waals surface area (Å²) in [5, 5.41) is 12.0. The van der Waals surface area contributed by atoms with E-state index in [0.29, 0.717) is 13.0 Å². The molecule has 0 aliphatic rings. The molecule has 0 radical (unpaired) electrons. The Morgan fingerprint density at radius 3 is 2.68 bits per heavy atom. The highest BCUT2D eigenvalue weighted by molar-refractivity contribution is 5.75. The van der Waals surface area contributed by atoms with Gasteiger partial charge in [0.15, 0.2) is 0 Å². The van der Waals surface area contributed by atoms with Gasteiger partial charge in [-0.25, -0.2) is 0 Å². The van der Waals surface area contributed by atoms with Gasteiger partial charge >= 0.3 is 0 Å². The molecule has 1 rings (SSSR count). The van der Waals surface area contributed by atoms with Crippen LogP contribution in [0.15, 0.2) is 24.3 Å². The molecule has 2 N–H and O–H groups in total. The van der Waals surface area contributed by atoms with Crippen LogP contribution >= 0.6 is 0 Å². The molecule has 1 aromatic carbocycles. The number of unbranched alkanes of at least 4 members (excludes halogenated alkanes) is 2. The van der Waals surface area contributed by atoms with Gasteiger partial charge in [-0.15, -0.1) is 6.42 Å². The number of aromatic hydroxyl groups is 1. The molecule has 0 bridgehead atoms. The zero-order valence-electron chi connectivity index (χ0n) is 10.8. The number of nitrogens with one attached hydrogen (secondary N) is 1. The highest BCUT2D eigenvalue weighted by atomic mass is 16.3. The third-order valence-corrected chi connectivity index (χ3v) is 2.54. The highest BCUT2D eigenvalue weighted by Gasteiger charge is 2.00. The number of rotatable bonds is 6. The van der Waals surface area contributed by atoms with E-state index in [4.69, 9.17) is 11.5 Å². The Hall–Kier alpha value is -2.39. The lowest BCUT2D eigenvalue weighted by molar-refractivity contribution is -0.121. The first kappa shape index (κ1) is 14.7. The van der Waals surface area contributed by atoms with Gasteiger partial charge in [-0.1, -0.05) is 18.1 Å². The van der Waals surface area contributed by atoms with Crippen molar-refractivity contribution in [1.82, 2.24) is 5.32 Å². The summed E-state index contributed by atoms with van der Waals surface area (Å²) in [7, 11) is 0. The predicted octanol–water partition coefficient (Wildman–Crippen LogP) is 2.21. The van der Waals surface area contributed by atoms with E-state index >= 15 is 0 Å². The summed E-state index contributed by atoms with van der Waals surface area (Å²) in [6.07, 6.45) is 7.90. The second-order valence-corrected chi connectivity index (χ2v) is 4.10. The summed E-state index contributed by atoms with van der Waals surface area (Å²) in [6.45, 7) is 0.482. The number of hydrogen-bond acceptors (Lipinski definition) is 2. The van der Waals surface area contributed by atoms with E-state index in [1.54, 1.807) is 24.3 Å². The molecule has 0 saturated heterocycles. The van der Waals surface area contributed by atoms with Crippen LogP contribution in [-0.2, 0) is 11.3 Å². The smallest absolute Gasteiger partial charge is 0.220 e. The van der Waals surface area contributed by atoms with E-state index < -0.39 is 0 Å². The molecule has 0 aliphatic heterocycles. The fraction of sp³-hybridized carbons (Fsp3) is 0.312. The van der Waals surface area contributed by atoms with Crippen molar-refractivity contribution in [1.29, 1.82) is 0 Å². The maximum atomic E-state index is 11.5. The lowest BCUT2D eigenvalue weighted by Gasteiger charge is -2.05. The second-order valence-electron chi connectivity index (χ2n) is 4.10. The molecule has 0 heterocycles. The Morgan fingerprint density at radius 1 is 1.26 bits per heavy atom. The molecule has 0 spiro atoms. The fourth-order valence-corrected chi connectivity index (χ4v) is 1.52. The molecule has 0 aliphatic carbocycles. The normalized spacial score (nSPS) is 9.00. The Bertz CT molecular complexity index is 500. The van der Waals surface area contributed by atoms with Gasteiger partial charge in [-0.05, 0) is 42.4 Å². The monoisotopic (exact) mass is 255 g/mol. The molecule has 1 amide bonds. The van der Waals surface area contributed by atoms with Crippen LogP contribution in [0.2, 0.25) is 0 Å². The first-order valence-corrected chi connectivity index (χ1v) is 6.20. The molecule has 1 aromatic rings. The minimum Gasteiger partial charge on any atom is -0.508 e. The van der Waals surface area contributed by atoms with Crippen molar-refractivity contribution in [2.24, 2.45) is 0 Å². The molecule has 0 fully saturated rings. The lowest BCUT2D eigenvalue weighted by Crippen LogP contribution is -2.22. The Labute approximate surface area is 114 Å². The molecule has 3 nitrogen and oxygen atoms in total. The van der Waals surface area contributed by atoms with Crippen LogP contribution < -0.4 is 5.32 Å². The SMILES string of the molecule is C#CC#CCCCCC(=O)NCc1ccc(O)cc1. The number of benzene rings is 1. The van der Waals surface area contributed by atoms with Crippen LogP contribution in [0.4, 0.5) is 0 Å². The summed E-state index contributed by atoms with van der Waals surface area (Å²) in [4.78, 5) is 11.5. The maximum Gasteiger partial charge on any atom is 0.220 e. The van der Waals surface area contributed by atoms with Gasteiger partial charge in [-0.3, -0.25) is 4.79 Å². The number of hydrogen-bond donors (Lipinski definition) is 2. The van der Waals surface area contributed by atoms with Crippen molar-refractivity contribution in [3.8, 4) is 29.9 Å². The largest absolute Gasteiger partial charge is 0.508 e. The van der Waals surface area contributed by atoms with Gasteiger partial charge in [0.25, 0.3) is 0 Å². The van der Waals surface area contributed by atoms with Crippen molar-refractivity contribution >= 4 is 5.91 Å². The Kier molecular flexibility index (Phi) is 6.69. The maximum absolute atomic E-state index is 11.5. The van der Waals surface area contributed by atoms with Crippen LogP contribution in [0.25, 0.3) is 0 Å². The molecule has 98 valence electrons. The number of carbonyl (C=O) groups excluding carboxylic acids is 1. The van der Waals surface area contributed by atoms with Crippen molar-refractivity contribution in [2.75, 3.05) is 0 Å². The molecule has 0 saturated carbocycles. The topological polar surface area (TPSA) is 49.3 Å². The average molecular weight is 255 g/mol. The number of phenolic OH excluding ortho intramolecular Hbond substituents is 1. The average Bonchev–Trinajstić information content (AvgIpc) is 2.42. The number of amides is 1. The second kappa shape index (κ2) is 8.66. The first-order chi connectivity index (χ1) is 9.22. The van der Waals surface area contributed by atoms with Crippen LogP contribution in [-0.4, -0.2) is 11.0 Å². The standard InChI is InChI=1S/C16H17NO2/c1-2-3-4-5-6-7-8-16(19)17-13-14-9-11-15(18)12-10-14/h1,9-12,18H,5-8,13H2,(H,17,19). The number of phenols is 1. The van der Waals surface area contributed by atoms with Crippen molar-refractivity contribution < 1.29 is 9.90 Å². The van der Waals surface area contributed by atoms with Gasteiger partial charge in [-0.2, -0.15) is 0 Å². The summed E-state index contributed by atoms with van der Waals surface area (Å²) >= 11 is 0. The number of terminal acetylenes is 1. The van der Waals surface area contributed by atoms with E-state index in [9.17, 15) is 4.79 Å². The van der Waals surface area contributed by atoms with Crippen LogP contribution in [0.3, 0.4) is 0 Å². The minimum absolute atomic E-state index is 0.0259. The quantitative estimate of drug-likeness (QED) is 0.605. The first-order valence-electron chi connectivity index (χ1n) is 6.20. The predicted molar refractivity (Wildman–Crippen MR) is 75.0 cm³/mol. The zero-order chi connectivity index (χ0) is 13.9. The van der Waals surface area contributed by atoms with Gasteiger partial charge in [0, 0.05) is 19.4 Å². The third kappa shape index (κ3) is 6.81. The lowest BCUT2D eigenvalue weighted by atomic mass is 10.2. The van der Waals surface area contributed by atoms with Gasteiger partial charge in [0.2, 0.25) is 5.91 Å². The summed E-state index contributed by atoms with van der Waals surface area (Å²) in [5.74, 6) is 7.88. The fourth-order valence-electron chi connectivity index (χ4n) is 1.52. The molecule has 3 heteroatoms. The van der Waals surface area contributed by atoms with Crippen LogP contribution in [0.1, 0.15) is 31.2 Å². The van der Waals surface area contributed by atoms with Crippen LogP contribution in [0.5, 0.6) is 5.75 Å². The van der Waals surface area contributed by atoms with Crippen LogP contribution in [0, 0.1) is 24.2 Å². The summed E-state index contributed by atoms with van der Waals surface area (Å²) in [5.41, 5.74) is 0.964. The van der Waals surface area contributed by atoms with E-state index in [-0.39, 0.29) is 11.7 Å². The van der Waals surface area contributed by atoms with E-state index in [1.807, 2.05) is 0 Å². The highest BCUT2D eigenvalue weighted by Crippen LogP contribution is 2.09. The van der Waals surface area contributed by atoms with E-state index in [1.165, 1.54) is 0 Å². The van der Waals surface area contributed by atoms with E-state index in [2.05, 4.69) is 23.1 Å². The molecule has 0 atom stereocenters. The van der Waals surface area contributed by atoms with Crippen molar-refractivity contribution in [2.45, 2.75) is 32.2 Å². The van der Waals surface area contributed by atoms with Gasteiger partial charge in [0.05, 0.1) is 0 Å². The van der Waals surface area contributed by atoms with Gasteiger partial charge < -0.3 is 10.4 Å². The molecule has 0 unspecified atom stereocenters. The molecular weight excluding hydrogens is 238 g/mol. The van der Waals surface area contributed by atoms with Crippen molar-refractivity contribution in [3.05, 3.63) is 29.8 Å². The number of carbonyl (C=O) groups is 1. The van der Waals surface area contributed by atoms with Crippen molar-refractivity contribution in [3.63, 3.8) is 0 Å². The molecule has 0 aromatic heterocycles. The Balaban J connectivity index is 2.14.